The molecule has 0 aliphatic heterocycles. The first-order valence-electron chi connectivity index (χ1n) is 6.50. The Morgan fingerprint density at radius 1 is 1.42 bits per heavy atom. The zero-order valence-electron chi connectivity index (χ0n) is 11.1. The predicted octanol–water partition coefficient (Wildman–Crippen LogP) is 1.93. The van der Waals surface area contributed by atoms with Crippen LogP contribution in [0.3, 0.4) is 0 Å². The molecule has 0 radical (unpaired) electrons. The van der Waals surface area contributed by atoms with Crippen LogP contribution < -0.4 is 10.1 Å². The normalized spacial score (nSPS) is 14.5. The van der Waals surface area contributed by atoms with E-state index in [1.165, 1.54) is 0 Å². The van der Waals surface area contributed by atoms with Crippen LogP contribution in [0.4, 0.5) is 0 Å². The van der Waals surface area contributed by atoms with Crippen LogP contribution in [0.1, 0.15) is 12.8 Å². The molecule has 1 amide bonds. The minimum absolute atomic E-state index is 0.0940. The molecule has 0 unspecified atom stereocenters. The molecule has 0 spiro atoms. The van der Waals surface area contributed by atoms with Crippen molar-refractivity contribution in [1.29, 1.82) is 0 Å². The van der Waals surface area contributed by atoms with E-state index in [1.54, 1.807) is 12.1 Å². The quantitative estimate of drug-likeness (QED) is 0.831. The lowest BCUT2D eigenvalue weighted by Crippen LogP contribution is -2.37. The molecule has 1 saturated carbocycles. The fourth-order valence-corrected chi connectivity index (χ4v) is 1.80. The molecule has 1 aromatic carbocycles. The molecule has 104 valence electrons. The standard InChI is InChI=1S/C14H19ClN2O2/c1-17(10-14(18)16-12-4-5-12)8-9-19-13-6-2-11(15)3-7-13/h2-3,6-7,12H,4-5,8-10H2,1H3,(H,16,18). The minimum atomic E-state index is 0.0940. The molecular weight excluding hydrogens is 264 g/mol. The zero-order valence-corrected chi connectivity index (χ0v) is 11.8. The lowest BCUT2D eigenvalue weighted by molar-refractivity contribution is -0.122. The number of carbonyl (C=O) groups is 1. The van der Waals surface area contributed by atoms with Gasteiger partial charge in [-0.1, -0.05) is 11.6 Å². The van der Waals surface area contributed by atoms with Gasteiger partial charge in [0.05, 0.1) is 6.54 Å². The first kappa shape index (κ1) is 14.2. The average Bonchev–Trinajstić information content (AvgIpc) is 3.15. The van der Waals surface area contributed by atoms with Gasteiger partial charge in [0.25, 0.3) is 0 Å². The maximum absolute atomic E-state index is 11.6. The highest BCUT2D eigenvalue weighted by Crippen LogP contribution is 2.18. The summed E-state index contributed by atoms with van der Waals surface area (Å²) in [4.78, 5) is 13.5. The van der Waals surface area contributed by atoms with E-state index < -0.39 is 0 Å². The Bertz CT molecular complexity index is 418. The SMILES string of the molecule is CN(CCOc1ccc(Cl)cc1)CC(=O)NC1CC1. The highest BCUT2D eigenvalue weighted by Gasteiger charge is 2.23. The van der Waals surface area contributed by atoms with Crippen LogP contribution in [0.5, 0.6) is 5.75 Å². The summed E-state index contributed by atoms with van der Waals surface area (Å²) in [5.74, 6) is 0.886. The van der Waals surface area contributed by atoms with Crippen molar-refractivity contribution < 1.29 is 9.53 Å². The van der Waals surface area contributed by atoms with Crippen LogP contribution in [0.25, 0.3) is 0 Å². The largest absolute Gasteiger partial charge is 0.492 e. The molecule has 0 bridgehead atoms. The molecule has 1 N–H and O–H groups in total. The maximum atomic E-state index is 11.6. The number of ether oxygens (including phenoxy) is 1. The van der Waals surface area contributed by atoms with Crippen LogP contribution in [-0.2, 0) is 4.79 Å². The minimum Gasteiger partial charge on any atom is -0.492 e. The van der Waals surface area contributed by atoms with Gasteiger partial charge in [0.15, 0.2) is 0 Å². The van der Waals surface area contributed by atoms with Gasteiger partial charge in [0.1, 0.15) is 12.4 Å². The molecule has 2 rings (SSSR count). The fraction of sp³-hybridized carbons (Fsp3) is 0.500. The average molecular weight is 283 g/mol. The second-order valence-corrected chi connectivity index (χ2v) is 5.32. The lowest BCUT2D eigenvalue weighted by atomic mass is 10.3. The Hall–Kier alpha value is -1.26. The van der Waals surface area contributed by atoms with E-state index in [0.717, 1.165) is 18.6 Å². The number of likely N-dealkylation sites (N-methyl/N-ethyl adjacent to an activating group) is 1. The van der Waals surface area contributed by atoms with Gasteiger partial charge >= 0.3 is 0 Å². The van der Waals surface area contributed by atoms with Crippen molar-refractivity contribution in [3.8, 4) is 5.75 Å². The molecule has 0 atom stereocenters. The second-order valence-electron chi connectivity index (χ2n) is 4.88. The summed E-state index contributed by atoms with van der Waals surface area (Å²) in [6, 6.07) is 7.68. The molecule has 0 heterocycles. The van der Waals surface area contributed by atoms with E-state index in [4.69, 9.17) is 16.3 Å². The van der Waals surface area contributed by atoms with Crippen LogP contribution in [-0.4, -0.2) is 43.6 Å². The number of amides is 1. The van der Waals surface area contributed by atoms with Crippen molar-refractivity contribution in [2.45, 2.75) is 18.9 Å². The van der Waals surface area contributed by atoms with Gasteiger partial charge in [0.2, 0.25) is 5.91 Å². The highest BCUT2D eigenvalue weighted by atomic mass is 35.5. The Balaban J connectivity index is 1.61. The molecule has 1 fully saturated rings. The topological polar surface area (TPSA) is 41.6 Å². The van der Waals surface area contributed by atoms with E-state index in [1.807, 2.05) is 24.1 Å². The number of nitrogens with one attached hydrogen (secondary N) is 1. The van der Waals surface area contributed by atoms with Gasteiger partial charge in [-0.25, -0.2) is 0 Å². The molecule has 1 aliphatic carbocycles. The van der Waals surface area contributed by atoms with Gasteiger partial charge in [0, 0.05) is 17.6 Å². The summed E-state index contributed by atoms with van der Waals surface area (Å²) in [5.41, 5.74) is 0. The van der Waals surface area contributed by atoms with Crippen molar-refractivity contribution >= 4 is 17.5 Å². The first-order chi connectivity index (χ1) is 9.13. The summed E-state index contributed by atoms with van der Waals surface area (Å²) in [7, 11) is 1.91. The van der Waals surface area contributed by atoms with E-state index in [9.17, 15) is 4.79 Å². The Morgan fingerprint density at radius 3 is 2.74 bits per heavy atom. The number of hydrogen-bond acceptors (Lipinski definition) is 3. The van der Waals surface area contributed by atoms with Gasteiger partial charge < -0.3 is 10.1 Å². The van der Waals surface area contributed by atoms with Gasteiger partial charge in [-0.2, -0.15) is 0 Å². The van der Waals surface area contributed by atoms with Crippen LogP contribution in [0.15, 0.2) is 24.3 Å². The third-order valence-electron chi connectivity index (χ3n) is 2.91. The molecule has 0 saturated heterocycles. The summed E-state index contributed by atoms with van der Waals surface area (Å²) in [6.45, 7) is 1.68. The molecule has 5 heteroatoms. The van der Waals surface area contributed by atoms with Crippen molar-refractivity contribution in [3.05, 3.63) is 29.3 Å². The van der Waals surface area contributed by atoms with E-state index in [0.29, 0.717) is 30.8 Å². The van der Waals surface area contributed by atoms with Crippen molar-refractivity contribution in [1.82, 2.24) is 10.2 Å². The first-order valence-corrected chi connectivity index (χ1v) is 6.87. The number of nitrogens with zero attached hydrogens (tertiary/aromatic N) is 1. The number of rotatable bonds is 7. The second kappa shape index (κ2) is 6.78. The third-order valence-corrected chi connectivity index (χ3v) is 3.16. The van der Waals surface area contributed by atoms with Crippen molar-refractivity contribution in [3.63, 3.8) is 0 Å². The highest BCUT2D eigenvalue weighted by molar-refractivity contribution is 6.30. The Morgan fingerprint density at radius 2 is 2.11 bits per heavy atom. The van der Waals surface area contributed by atoms with Crippen LogP contribution in [0, 0.1) is 0 Å². The third kappa shape index (κ3) is 5.49. The summed E-state index contributed by atoms with van der Waals surface area (Å²) < 4.78 is 5.57. The van der Waals surface area contributed by atoms with Crippen LogP contribution >= 0.6 is 11.6 Å². The molecule has 1 aromatic rings. The van der Waals surface area contributed by atoms with Crippen molar-refractivity contribution in [2.75, 3.05) is 26.7 Å². The summed E-state index contributed by atoms with van der Waals surface area (Å²) in [6.07, 6.45) is 2.24. The fourth-order valence-electron chi connectivity index (χ4n) is 1.68. The zero-order chi connectivity index (χ0) is 13.7. The van der Waals surface area contributed by atoms with Crippen LogP contribution in [0.2, 0.25) is 5.02 Å². The Kier molecular flexibility index (Phi) is 5.05. The number of halogens is 1. The van der Waals surface area contributed by atoms with Gasteiger partial charge in [-0.15, -0.1) is 0 Å². The molecule has 0 aromatic heterocycles. The molecule has 4 nitrogen and oxygen atoms in total. The smallest absolute Gasteiger partial charge is 0.234 e. The number of carbonyl (C=O) groups excluding carboxylic acids is 1. The predicted molar refractivity (Wildman–Crippen MR) is 75.6 cm³/mol. The molecular formula is C14H19ClN2O2. The number of hydrogen-bond donors (Lipinski definition) is 1. The molecule has 1 aliphatic rings. The number of benzene rings is 1. The monoisotopic (exact) mass is 282 g/mol. The molecule has 19 heavy (non-hydrogen) atoms. The Labute approximate surface area is 118 Å². The maximum Gasteiger partial charge on any atom is 0.234 e. The van der Waals surface area contributed by atoms with E-state index >= 15 is 0 Å². The summed E-state index contributed by atoms with van der Waals surface area (Å²) >= 11 is 5.79. The van der Waals surface area contributed by atoms with E-state index in [2.05, 4.69) is 5.32 Å². The lowest BCUT2D eigenvalue weighted by Gasteiger charge is -2.16. The van der Waals surface area contributed by atoms with E-state index in [-0.39, 0.29) is 5.91 Å². The van der Waals surface area contributed by atoms with Crippen molar-refractivity contribution in [2.24, 2.45) is 0 Å². The van der Waals surface area contributed by atoms with Gasteiger partial charge in [-0.05, 0) is 44.2 Å². The van der Waals surface area contributed by atoms with Gasteiger partial charge in [-0.3, -0.25) is 9.69 Å². The summed E-state index contributed by atoms with van der Waals surface area (Å²) in [5, 5.41) is 3.66.